The number of nitrogens with one attached hydrogen (secondary N) is 2. The van der Waals surface area contributed by atoms with E-state index >= 15 is 0 Å². The summed E-state index contributed by atoms with van der Waals surface area (Å²) >= 11 is 9.18. The van der Waals surface area contributed by atoms with E-state index in [1.807, 2.05) is 0 Å². The molecule has 3 rings (SSSR count). The summed E-state index contributed by atoms with van der Waals surface area (Å²) < 4.78 is 11.6. The van der Waals surface area contributed by atoms with Crippen molar-refractivity contribution in [2.24, 2.45) is 0 Å². The van der Waals surface area contributed by atoms with Crippen LogP contribution < -0.4 is 20.1 Å². The Kier molecular flexibility index (Phi) is 5.15. The normalized spacial score (nSPS) is 15.6. The monoisotopic (exact) mass is 424 g/mol. The van der Waals surface area contributed by atoms with Gasteiger partial charge in [0.25, 0.3) is 11.8 Å². The number of fused-ring (bicyclic) bond motifs is 1. The first-order valence-electron chi connectivity index (χ1n) is 7.41. The van der Waals surface area contributed by atoms with E-state index in [0.29, 0.717) is 32.4 Å². The van der Waals surface area contributed by atoms with Gasteiger partial charge >= 0.3 is 0 Å². The molecule has 0 radical (unpaired) electrons. The fourth-order valence-electron chi connectivity index (χ4n) is 2.22. The number of carbonyl (C=O) groups excluding carboxylic acids is 2. The summed E-state index contributed by atoms with van der Waals surface area (Å²) in [6.45, 7) is 1.50. The lowest BCUT2D eigenvalue weighted by atomic mass is 10.2. The van der Waals surface area contributed by atoms with Crippen molar-refractivity contribution < 1.29 is 19.1 Å². The van der Waals surface area contributed by atoms with Gasteiger partial charge in [-0.1, -0.05) is 11.6 Å². The Bertz CT molecular complexity index is 843. The molecule has 0 saturated heterocycles. The number of carbonyl (C=O) groups is 2. The molecule has 2 aromatic rings. The number of anilines is 2. The van der Waals surface area contributed by atoms with E-state index in [2.05, 4.69) is 26.6 Å². The summed E-state index contributed by atoms with van der Waals surface area (Å²) in [6.07, 6.45) is -0.542. The molecule has 6 nitrogen and oxygen atoms in total. The van der Waals surface area contributed by atoms with Gasteiger partial charge in [-0.2, -0.15) is 0 Å². The Labute approximate surface area is 157 Å². The third-order valence-electron chi connectivity index (χ3n) is 3.45. The molecule has 1 atom stereocenters. The van der Waals surface area contributed by atoms with E-state index in [1.165, 1.54) is 0 Å². The highest BCUT2D eigenvalue weighted by atomic mass is 79.9. The molecule has 0 aromatic heterocycles. The molecule has 8 heteroatoms. The maximum atomic E-state index is 12.1. The van der Waals surface area contributed by atoms with E-state index < -0.39 is 6.10 Å². The fraction of sp³-hybridized carbons (Fsp3) is 0.176. The molecular weight excluding hydrogens is 412 g/mol. The molecule has 0 saturated carbocycles. The predicted molar refractivity (Wildman–Crippen MR) is 98.4 cm³/mol. The van der Waals surface area contributed by atoms with Crippen LogP contribution in [0.3, 0.4) is 0 Å². The molecule has 0 fully saturated rings. The average molecular weight is 426 g/mol. The van der Waals surface area contributed by atoms with Crippen molar-refractivity contribution >= 4 is 50.7 Å². The summed E-state index contributed by atoms with van der Waals surface area (Å²) in [7, 11) is 0. The number of hydrogen-bond donors (Lipinski definition) is 2. The molecular formula is C17H14BrClN2O4. The van der Waals surface area contributed by atoms with Gasteiger partial charge in [0.1, 0.15) is 11.5 Å². The fourth-order valence-corrected chi connectivity index (χ4v) is 3.02. The third-order valence-corrected chi connectivity index (χ3v) is 4.30. The third kappa shape index (κ3) is 4.24. The van der Waals surface area contributed by atoms with E-state index in [1.54, 1.807) is 43.3 Å². The van der Waals surface area contributed by atoms with Gasteiger partial charge in [-0.25, -0.2) is 0 Å². The van der Waals surface area contributed by atoms with Crippen LogP contribution in [-0.4, -0.2) is 24.5 Å². The second-order valence-corrected chi connectivity index (χ2v) is 6.66. The molecule has 2 amide bonds. The number of rotatable bonds is 4. The van der Waals surface area contributed by atoms with Crippen LogP contribution in [0.15, 0.2) is 40.9 Å². The average Bonchev–Trinajstić information content (AvgIpc) is 2.55. The van der Waals surface area contributed by atoms with Crippen molar-refractivity contribution in [2.45, 2.75) is 13.0 Å². The first-order valence-corrected chi connectivity index (χ1v) is 8.59. The first kappa shape index (κ1) is 17.6. The lowest BCUT2D eigenvalue weighted by Crippen LogP contribution is -2.34. The largest absolute Gasteiger partial charge is 0.483 e. The molecule has 1 aliphatic rings. The van der Waals surface area contributed by atoms with Crippen LogP contribution in [0.1, 0.15) is 6.92 Å². The molecule has 130 valence electrons. The lowest BCUT2D eigenvalue weighted by Gasteiger charge is -2.23. The molecule has 1 heterocycles. The SMILES string of the molecule is C[C@H]1Oc2ccc(NC(=O)COc3ccc(Cl)cc3Br)cc2NC1=O. The second kappa shape index (κ2) is 7.33. The minimum Gasteiger partial charge on any atom is -0.483 e. The van der Waals surface area contributed by atoms with Crippen molar-refractivity contribution in [1.82, 2.24) is 0 Å². The Balaban J connectivity index is 1.61. The van der Waals surface area contributed by atoms with Crippen LogP contribution in [0.2, 0.25) is 5.02 Å². The minimum atomic E-state index is -0.542. The van der Waals surface area contributed by atoms with Gasteiger partial charge in [0, 0.05) is 10.7 Å². The Hall–Kier alpha value is -2.25. The summed E-state index contributed by atoms with van der Waals surface area (Å²) in [5.41, 5.74) is 1.04. The van der Waals surface area contributed by atoms with Gasteiger partial charge in [0.05, 0.1) is 10.2 Å². The number of hydrogen-bond acceptors (Lipinski definition) is 4. The zero-order chi connectivity index (χ0) is 18.0. The van der Waals surface area contributed by atoms with Crippen molar-refractivity contribution in [3.63, 3.8) is 0 Å². The summed E-state index contributed by atoms with van der Waals surface area (Å²) in [5.74, 6) is 0.510. The maximum Gasteiger partial charge on any atom is 0.265 e. The lowest BCUT2D eigenvalue weighted by molar-refractivity contribution is -0.122. The summed E-state index contributed by atoms with van der Waals surface area (Å²) in [5, 5.41) is 6.00. The molecule has 0 bridgehead atoms. The molecule has 2 aromatic carbocycles. The molecule has 2 N–H and O–H groups in total. The van der Waals surface area contributed by atoms with Gasteiger partial charge in [-0.05, 0) is 59.3 Å². The minimum absolute atomic E-state index is 0.169. The number of ether oxygens (including phenoxy) is 2. The molecule has 0 aliphatic carbocycles. The predicted octanol–water partition coefficient (Wildman–Crippen LogP) is 3.84. The van der Waals surface area contributed by atoms with Crippen molar-refractivity contribution in [1.29, 1.82) is 0 Å². The van der Waals surface area contributed by atoms with Gasteiger partial charge in [0.2, 0.25) is 0 Å². The van der Waals surface area contributed by atoms with Gasteiger partial charge < -0.3 is 20.1 Å². The highest BCUT2D eigenvalue weighted by Crippen LogP contribution is 2.32. The van der Waals surface area contributed by atoms with E-state index in [9.17, 15) is 9.59 Å². The van der Waals surface area contributed by atoms with Crippen molar-refractivity contribution in [3.05, 3.63) is 45.9 Å². The van der Waals surface area contributed by atoms with Crippen LogP contribution in [0, 0.1) is 0 Å². The van der Waals surface area contributed by atoms with Crippen molar-refractivity contribution in [3.8, 4) is 11.5 Å². The summed E-state index contributed by atoms with van der Waals surface area (Å²) in [4.78, 5) is 23.7. The smallest absolute Gasteiger partial charge is 0.265 e. The number of amides is 2. The van der Waals surface area contributed by atoms with Crippen molar-refractivity contribution in [2.75, 3.05) is 17.2 Å². The maximum absolute atomic E-state index is 12.1. The van der Waals surface area contributed by atoms with Gasteiger partial charge in [0.15, 0.2) is 12.7 Å². The standard InChI is InChI=1S/C17H14BrClN2O4/c1-9-17(23)21-13-7-11(3-5-15(13)25-9)20-16(22)8-24-14-4-2-10(19)6-12(14)18/h2-7,9H,8H2,1H3,(H,20,22)(H,21,23)/t9-/m1/s1. The van der Waals surface area contributed by atoms with Crippen LogP contribution in [-0.2, 0) is 9.59 Å². The molecule has 1 aliphatic heterocycles. The Morgan fingerprint density at radius 2 is 2.16 bits per heavy atom. The van der Waals surface area contributed by atoms with E-state index in [0.717, 1.165) is 0 Å². The number of benzene rings is 2. The zero-order valence-corrected chi connectivity index (χ0v) is 15.5. The van der Waals surface area contributed by atoms with Crippen LogP contribution >= 0.6 is 27.5 Å². The van der Waals surface area contributed by atoms with E-state index in [-0.39, 0.29) is 18.4 Å². The van der Waals surface area contributed by atoms with Gasteiger partial charge in [-0.15, -0.1) is 0 Å². The molecule has 25 heavy (non-hydrogen) atoms. The highest BCUT2D eigenvalue weighted by Gasteiger charge is 2.23. The quantitative estimate of drug-likeness (QED) is 0.780. The first-order chi connectivity index (χ1) is 11.9. The number of halogens is 2. The second-order valence-electron chi connectivity index (χ2n) is 5.37. The van der Waals surface area contributed by atoms with E-state index in [4.69, 9.17) is 21.1 Å². The molecule has 0 unspecified atom stereocenters. The summed E-state index contributed by atoms with van der Waals surface area (Å²) in [6, 6.07) is 10.0. The highest BCUT2D eigenvalue weighted by molar-refractivity contribution is 9.10. The Morgan fingerprint density at radius 1 is 1.36 bits per heavy atom. The molecule has 0 spiro atoms. The topological polar surface area (TPSA) is 76.7 Å². The van der Waals surface area contributed by atoms with Crippen LogP contribution in [0.25, 0.3) is 0 Å². The van der Waals surface area contributed by atoms with Crippen LogP contribution in [0.5, 0.6) is 11.5 Å². The zero-order valence-electron chi connectivity index (χ0n) is 13.1. The van der Waals surface area contributed by atoms with Gasteiger partial charge in [-0.3, -0.25) is 9.59 Å². The Morgan fingerprint density at radius 3 is 2.92 bits per heavy atom. The van der Waals surface area contributed by atoms with Crippen LogP contribution in [0.4, 0.5) is 11.4 Å².